The van der Waals surface area contributed by atoms with Gasteiger partial charge >= 0.3 is 5.97 Å². The van der Waals surface area contributed by atoms with E-state index in [0.29, 0.717) is 0 Å². The van der Waals surface area contributed by atoms with E-state index in [9.17, 15) is 18.3 Å². The number of aliphatic hydroxyl groups excluding tert-OH is 1. The molecule has 0 saturated heterocycles. The predicted octanol–water partition coefficient (Wildman–Crippen LogP) is -1.38. The van der Waals surface area contributed by atoms with E-state index in [1.165, 1.54) is 14.2 Å². The summed E-state index contributed by atoms with van der Waals surface area (Å²) in [4.78, 5) is 10.3. The minimum absolute atomic E-state index is 0.0598. The Labute approximate surface area is 107 Å². The third-order valence-electron chi connectivity index (χ3n) is 2.17. The van der Waals surface area contributed by atoms with Crippen molar-refractivity contribution in [2.45, 2.75) is 18.9 Å². The lowest BCUT2D eigenvalue weighted by Crippen LogP contribution is -2.40. The van der Waals surface area contributed by atoms with Gasteiger partial charge in [-0.3, -0.25) is 4.79 Å². The Kier molecular flexibility index (Phi) is 8.03. The van der Waals surface area contributed by atoms with Gasteiger partial charge in [-0.25, -0.2) is 4.72 Å². The van der Waals surface area contributed by atoms with E-state index >= 15 is 0 Å². The number of nitrogens with zero attached hydrogens (tertiary/aromatic N) is 1. The lowest BCUT2D eigenvalue weighted by Gasteiger charge is -2.17. The Hall–Kier alpha value is -0.740. The normalized spacial score (nSPS) is 13.8. The highest BCUT2D eigenvalue weighted by Crippen LogP contribution is 1.97. The van der Waals surface area contributed by atoms with E-state index in [-0.39, 0.29) is 32.5 Å². The first kappa shape index (κ1) is 17.3. The van der Waals surface area contributed by atoms with Crippen molar-refractivity contribution in [1.29, 1.82) is 0 Å². The van der Waals surface area contributed by atoms with Gasteiger partial charge in [0.2, 0.25) is 0 Å². The number of hydrogen-bond acceptors (Lipinski definition) is 5. The summed E-state index contributed by atoms with van der Waals surface area (Å²) in [6.07, 6.45) is -0.772. The maximum absolute atomic E-state index is 11.6. The number of methoxy groups -OCH3 is 1. The number of ether oxygens (including phenoxy) is 1. The average Bonchev–Trinajstić information content (AvgIpc) is 2.25. The van der Waals surface area contributed by atoms with Gasteiger partial charge in [-0.15, -0.1) is 0 Å². The summed E-state index contributed by atoms with van der Waals surface area (Å²) in [6.45, 7) is 0.0894. The summed E-state index contributed by atoms with van der Waals surface area (Å²) in [5.41, 5.74) is 0. The molecule has 0 rings (SSSR count). The number of carboxylic acids is 1. The minimum atomic E-state index is -3.70. The SMILES string of the molecule is COCC(O)CCNS(=O)(=O)N(C)CCC(=O)O. The Morgan fingerprint density at radius 3 is 2.61 bits per heavy atom. The van der Waals surface area contributed by atoms with Crippen LogP contribution in [0.1, 0.15) is 12.8 Å². The summed E-state index contributed by atoms with van der Waals surface area (Å²) in [5, 5.41) is 17.8. The lowest BCUT2D eigenvalue weighted by molar-refractivity contribution is -0.137. The maximum atomic E-state index is 11.6. The van der Waals surface area contributed by atoms with Crippen LogP contribution in [0, 0.1) is 0 Å². The van der Waals surface area contributed by atoms with Crippen molar-refractivity contribution < 1.29 is 28.2 Å². The number of hydrogen-bond donors (Lipinski definition) is 3. The fraction of sp³-hybridized carbons (Fsp3) is 0.889. The van der Waals surface area contributed by atoms with Gasteiger partial charge < -0.3 is 14.9 Å². The molecule has 0 aromatic rings. The zero-order valence-corrected chi connectivity index (χ0v) is 11.3. The fourth-order valence-corrected chi connectivity index (χ4v) is 2.04. The molecule has 0 aliphatic rings. The second kappa shape index (κ2) is 8.38. The smallest absolute Gasteiger partial charge is 0.304 e. The molecule has 0 bridgehead atoms. The van der Waals surface area contributed by atoms with Crippen LogP contribution >= 0.6 is 0 Å². The second-order valence-corrected chi connectivity index (χ2v) is 5.62. The Morgan fingerprint density at radius 2 is 2.11 bits per heavy atom. The first-order valence-electron chi connectivity index (χ1n) is 5.39. The largest absolute Gasteiger partial charge is 0.481 e. The highest BCUT2D eigenvalue weighted by atomic mass is 32.2. The molecule has 0 amide bonds. The summed E-state index contributed by atoms with van der Waals surface area (Å²) >= 11 is 0. The predicted molar refractivity (Wildman–Crippen MR) is 64.3 cm³/mol. The van der Waals surface area contributed by atoms with Crippen LogP contribution in [0.15, 0.2) is 0 Å². The van der Waals surface area contributed by atoms with Crippen molar-refractivity contribution in [2.75, 3.05) is 33.9 Å². The number of aliphatic hydroxyl groups is 1. The molecular formula is C9H20N2O6S. The molecule has 0 aliphatic heterocycles. The summed E-state index contributed by atoms with van der Waals surface area (Å²) < 4.78 is 31.1. The molecule has 0 saturated carbocycles. The number of rotatable bonds is 10. The van der Waals surface area contributed by atoms with Crippen molar-refractivity contribution in [3.8, 4) is 0 Å². The molecule has 8 nitrogen and oxygen atoms in total. The quantitative estimate of drug-likeness (QED) is 0.455. The van der Waals surface area contributed by atoms with Crippen LogP contribution in [-0.4, -0.2) is 68.9 Å². The topological polar surface area (TPSA) is 116 Å². The van der Waals surface area contributed by atoms with Crippen molar-refractivity contribution in [1.82, 2.24) is 9.03 Å². The maximum Gasteiger partial charge on any atom is 0.304 e. The van der Waals surface area contributed by atoms with Crippen LogP contribution in [0.4, 0.5) is 0 Å². The van der Waals surface area contributed by atoms with E-state index < -0.39 is 22.3 Å². The lowest BCUT2D eigenvalue weighted by atomic mass is 10.3. The van der Waals surface area contributed by atoms with Gasteiger partial charge in [-0.2, -0.15) is 12.7 Å². The Morgan fingerprint density at radius 1 is 1.50 bits per heavy atom. The molecule has 0 radical (unpaired) electrons. The van der Waals surface area contributed by atoms with Crippen LogP contribution in [0.25, 0.3) is 0 Å². The van der Waals surface area contributed by atoms with Crippen molar-refractivity contribution >= 4 is 16.2 Å². The molecular weight excluding hydrogens is 264 g/mol. The minimum Gasteiger partial charge on any atom is -0.481 e. The van der Waals surface area contributed by atoms with Crippen molar-refractivity contribution in [3.05, 3.63) is 0 Å². The summed E-state index contributed by atoms with van der Waals surface area (Å²) in [6, 6.07) is 0. The average molecular weight is 284 g/mol. The molecule has 0 fully saturated rings. The van der Waals surface area contributed by atoms with Gasteiger partial charge in [0.25, 0.3) is 10.2 Å². The molecule has 1 atom stereocenters. The van der Waals surface area contributed by atoms with Gasteiger partial charge in [-0.05, 0) is 6.42 Å². The molecule has 18 heavy (non-hydrogen) atoms. The van der Waals surface area contributed by atoms with Crippen molar-refractivity contribution in [2.24, 2.45) is 0 Å². The number of carboxylic acid groups (broad SMARTS) is 1. The van der Waals surface area contributed by atoms with Crippen LogP contribution in [0.3, 0.4) is 0 Å². The second-order valence-electron chi connectivity index (χ2n) is 3.76. The Bertz CT molecular complexity index is 345. The number of carbonyl (C=O) groups is 1. The first-order valence-corrected chi connectivity index (χ1v) is 6.83. The third kappa shape index (κ3) is 7.56. The van der Waals surface area contributed by atoms with Gasteiger partial charge in [-0.1, -0.05) is 0 Å². The zero-order valence-electron chi connectivity index (χ0n) is 10.5. The third-order valence-corrected chi connectivity index (χ3v) is 3.74. The van der Waals surface area contributed by atoms with Crippen LogP contribution in [0.5, 0.6) is 0 Å². The van der Waals surface area contributed by atoms with Gasteiger partial charge in [0.15, 0.2) is 0 Å². The molecule has 3 N–H and O–H groups in total. The van der Waals surface area contributed by atoms with Gasteiger partial charge in [0.1, 0.15) is 0 Å². The molecule has 9 heteroatoms. The van der Waals surface area contributed by atoms with Crippen molar-refractivity contribution in [3.63, 3.8) is 0 Å². The molecule has 0 aliphatic carbocycles. The van der Waals surface area contributed by atoms with E-state index in [1.54, 1.807) is 0 Å². The van der Waals surface area contributed by atoms with Gasteiger partial charge in [0, 0.05) is 27.2 Å². The fourth-order valence-electron chi connectivity index (χ4n) is 1.11. The zero-order chi connectivity index (χ0) is 14.2. The van der Waals surface area contributed by atoms with Crippen LogP contribution in [-0.2, 0) is 19.7 Å². The Balaban J connectivity index is 4.03. The summed E-state index contributed by atoms with van der Waals surface area (Å²) in [7, 11) is -0.972. The first-order chi connectivity index (χ1) is 8.29. The van der Waals surface area contributed by atoms with Crippen LogP contribution in [0.2, 0.25) is 0 Å². The monoisotopic (exact) mass is 284 g/mol. The van der Waals surface area contributed by atoms with E-state index in [2.05, 4.69) is 4.72 Å². The number of aliphatic carboxylic acids is 1. The highest BCUT2D eigenvalue weighted by molar-refractivity contribution is 7.87. The molecule has 0 aromatic carbocycles. The molecule has 1 unspecified atom stereocenters. The highest BCUT2D eigenvalue weighted by Gasteiger charge is 2.18. The standard InChI is InChI=1S/C9H20N2O6S/c1-11(6-4-9(13)14)18(15,16)10-5-3-8(12)7-17-2/h8,10,12H,3-7H2,1-2H3,(H,13,14). The van der Waals surface area contributed by atoms with Gasteiger partial charge in [0.05, 0.1) is 19.1 Å². The van der Waals surface area contributed by atoms with E-state index in [1.807, 2.05) is 0 Å². The molecule has 0 heterocycles. The van der Waals surface area contributed by atoms with E-state index in [0.717, 1.165) is 4.31 Å². The number of nitrogens with one attached hydrogen (secondary N) is 1. The van der Waals surface area contributed by atoms with Crippen LogP contribution < -0.4 is 4.72 Å². The molecule has 0 aromatic heterocycles. The van der Waals surface area contributed by atoms with E-state index in [4.69, 9.17) is 9.84 Å². The molecule has 108 valence electrons. The summed E-state index contributed by atoms with van der Waals surface area (Å²) in [5.74, 6) is -1.06. The molecule has 0 spiro atoms.